The molecule has 200 valence electrons. The first-order valence-electron chi connectivity index (χ1n) is 13.4. The van der Waals surface area contributed by atoms with Gasteiger partial charge in [-0.25, -0.2) is 0 Å². The third-order valence-corrected chi connectivity index (χ3v) is 7.46. The van der Waals surface area contributed by atoms with Gasteiger partial charge in [0.1, 0.15) is 17.3 Å². The van der Waals surface area contributed by atoms with Crippen LogP contribution in [0.5, 0.6) is 11.5 Å². The number of allylic oxidation sites excluding steroid dienone is 1. The molecule has 0 saturated carbocycles. The average molecular weight is 515 g/mol. The van der Waals surface area contributed by atoms with Gasteiger partial charge in [0, 0.05) is 32.7 Å². The van der Waals surface area contributed by atoms with Crippen LogP contribution in [-0.2, 0) is 9.59 Å². The number of nitrogens with two attached hydrogens (primary N) is 1. The Kier molecular flexibility index (Phi) is 8.89. The first-order valence-corrected chi connectivity index (χ1v) is 13.4. The standard InChI is InChI=1S/C31H38N4O3/c1-4-9-26(22-12-14-25(15-13-22)38-24-10-7-6-8-11-24)29(30(32)37)31-33-19-16-27(34(31)3)23-17-20-35(21-18-23)28(36)5-2/h5-15,23,27,33H,2,4,16-21H2,1,3H3,(H2,32,37)/b26-9+,31-29+/t27-/m0/s1. The molecule has 2 amide bonds. The highest BCUT2D eigenvalue weighted by Crippen LogP contribution is 2.34. The molecule has 0 unspecified atom stereocenters. The van der Waals surface area contributed by atoms with Gasteiger partial charge in [-0.2, -0.15) is 0 Å². The van der Waals surface area contributed by atoms with E-state index >= 15 is 0 Å². The smallest absolute Gasteiger partial charge is 0.252 e. The zero-order valence-electron chi connectivity index (χ0n) is 22.4. The van der Waals surface area contributed by atoms with Crippen molar-refractivity contribution < 1.29 is 14.3 Å². The molecule has 38 heavy (non-hydrogen) atoms. The lowest BCUT2D eigenvalue weighted by Gasteiger charge is -2.45. The Balaban J connectivity index is 1.59. The van der Waals surface area contributed by atoms with Gasteiger partial charge in [0.2, 0.25) is 5.91 Å². The first-order chi connectivity index (χ1) is 18.4. The predicted octanol–water partition coefficient (Wildman–Crippen LogP) is 4.69. The number of amides is 2. The van der Waals surface area contributed by atoms with Gasteiger partial charge in [-0.05, 0) is 73.1 Å². The number of ether oxygens (including phenoxy) is 1. The molecule has 7 heteroatoms. The number of para-hydroxylation sites is 1. The number of likely N-dealkylation sites (tertiary alicyclic amines) is 1. The van der Waals surface area contributed by atoms with Crippen LogP contribution in [0.2, 0.25) is 0 Å². The van der Waals surface area contributed by atoms with E-state index < -0.39 is 5.91 Å². The number of nitrogens with zero attached hydrogens (tertiary/aromatic N) is 2. The second kappa shape index (κ2) is 12.5. The van der Waals surface area contributed by atoms with Crippen molar-refractivity contribution in [3.05, 3.63) is 90.3 Å². The van der Waals surface area contributed by atoms with E-state index in [0.717, 1.165) is 73.8 Å². The van der Waals surface area contributed by atoms with Gasteiger partial charge in [-0.3, -0.25) is 9.59 Å². The number of piperidine rings is 1. The molecule has 2 aliphatic rings. The topological polar surface area (TPSA) is 87.9 Å². The summed E-state index contributed by atoms with van der Waals surface area (Å²) >= 11 is 0. The lowest BCUT2D eigenvalue weighted by molar-refractivity contribution is -0.127. The molecule has 2 aliphatic heterocycles. The molecule has 0 aliphatic carbocycles. The molecule has 2 aromatic rings. The van der Waals surface area contributed by atoms with Crippen LogP contribution in [0.4, 0.5) is 0 Å². The van der Waals surface area contributed by atoms with E-state index in [0.29, 0.717) is 11.5 Å². The van der Waals surface area contributed by atoms with E-state index in [2.05, 4.69) is 29.8 Å². The quantitative estimate of drug-likeness (QED) is 0.499. The van der Waals surface area contributed by atoms with Crippen LogP contribution in [0.3, 0.4) is 0 Å². The average Bonchev–Trinajstić information content (AvgIpc) is 2.94. The predicted molar refractivity (Wildman–Crippen MR) is 151 cm³/mol. The molecule has 0 radical (unpaired) electrons. The normalized spacial score (nSPS) is 19.9. The van der Waals surface area contributed by atoms with Crippen LogP contribution in [0.1, 0.15) is 38.2 Å². The maximum atomic E-state index is 13.0. The highest BCUT2D eigenvalue weighted by molar-refractivity contribution is 6.09. The second-order valence-electron chi connectivity index (χ2n) is 9.81. The summed E-state index contributed by atoms with van der Waals surface area (Å²) in [6, 6.07) is 17.6. The van der Waals surface area contributed by atoms with Crippen LogP contribution >= 0.6 is 0 Å². The highest BCUT2D eigenvalue weighted by Gasteiger charge is 2.35. The number of rotatable bonds is 8. The minimum absolute atomic E-state index is 0.00625. The molecule has 1 atom stereocenters. The van der Waals surface area contributed by atoms with Crippen LogP contribution in [0, 0.1) is 5.92 Å². The van der Waals surface area contributed by atoms with Crippen molar-refractivity contribution in [2.75, 3.05) is 26.7 Å². The Morgan fingerprint density at radius 1 is 1.05 bits per heavy atom. The molecule has 4 rings (SSSR count). The Hall–Kier alpha value is -4.00. The van der Waals surface area contributed by atoms with Crippen LogP contribution in [0.15, 0.2) is 84.7 Å². The SMILES string of the molecule is C=CC(=O)N1CCC([C@@H]2CCN/C(=C(C(N)=O)/C(=C/CC)c3ccc(Oc4ccccc4)cc3)N2C)CC1. The third kappa shape index (κ3) is 6.10. The van der Waals surface area contributed by atoms with E-state index in [1.54, 1.807) is 0 Å². The molecular formula is C31H38N4O3. The summed E-state index contributed by atoms with van der Waals surface area (Å²) in [5.41, 5.74) is 8.25. The molecule has 0 bridgehead atoms. The zero-order chi connectivity index (χ0) is 27.1. The molecule has 0 spiro atoms. The largest absolute Gasteiger partial charge is 0.457 e. The second-order valence-corrected chi connectivity index (χ2v) is 9.81. The summed E-state index contributed by atoms with van der Waals surface area (Å²) in [6.45, 7) is 7.88. The molecule has 2 heterocycles. The van der Waals surface area contributed by atoms with Crippen molar-refractivity contribution in [1.82, 2.24) is 15.1 Å². The summed E-state index contributed by atoms with van der Waals surface area (Å²) in [7, 11) is 2.04. The van der Waals surface area contributed by atoms with Gasteiger partial charge in [0.25, 0.3) is 5.91 Å². The van der Waals surface area contributed by atoms with E-state index in [1.165, 1.54) is 6.08 Å². The van der Waals surface area contributed by atoms with E-state index in [1.807, 2.05) is 66.5 Å². The van der Waals surface area contributed by atoms with Crippen LogP contribution < -0.4 is 15.8 Å². The van der Waals surface area contributed by atoms with Crippen molar-refractivity contribution in [1.29, 1.82) is 0 Å². The van der Waals surface area contributed by atoms with E-state index in [9.17, 15) is 9.59 Å². The van der Waals surface area contributed by atoms with Gasteiger partial charge in [-0.1, -0.05) is 49.9 Å². The number of hydrogen-bond acceptors (Lipinski definition) is 5. The van der Waals surface area contributed by atoms with Crippen molar-refractivity contribution in [3.8, 4) is 11.5 Å². The Morgan fingerprint density at radius 3 is 2.32 bits per heavy atom. The molecule has 2 fully saturated rings. The number of carbonyl (C=O) groups excluding carboxylic acids is 2. The number of benzene rings is 2. The maximum absolute atomic E-state index is 13.0. The molecule has 7 nitrogen and oxygen atoms in total. The molecule has 0 aromatic heterocycles. The Labute approximate surface area is 225 Å². The van der Waals surface area contributed by atoms with Gasteiger partial charge in [0.15, 0.2) is 0 Å². The first kappa shape index (κ1) is 27.0. The van der Waals surface area contributed by atoms with Crippen molar-refractivity contribution in [3.63, 3.8) is 0 Å². The molecule has 2 aromatic carbocycles. The summed E-state index contributed by atoms with van der Waals surface area (Å²) in [4.78, 5) is 29.0. The van der Waals surface area contributed by atoms with Crippen molar-refractivity contribution >= 4 is 17.4 Å². The van der Waals surface area contributed by atoms with Gasteiger partial charge in [-0.15, -0.1) is 0 Å². The van der Waals surface area contributed by atoms with Crippen molar-refractivity contribution in [2.45, 2.75) is 38.6 Å². The minimum Gasteiger partial charge on any atom is -0.457 e. The third-order valence-electron chi connectivity index (χ3n) is 7.46. The number of hydrogen-bond donors (Lipinski definition) is 2. The van der Waals surface area contributed by atoms with Gasteiger partial charge in [0.05, 0.1) is 5.57 Å². The van der Waals surface area contributed by atoms with Gasteiger partial charge < -0.3 is 25.6 Å². The van der Waals surface area contributed by atoms with Crippen molar-refractivity contribution in [2.24, 2.45) is 11.7 Å². The maximum Gasteiger partial charge on any atom is 0.252 e. The molecular weight excluding hydrogens is 476 g/mol. The molecule has 2 saturated heterocycles. The lowest BCUT2D eigenvalue weighted by atomic mass is 9.85. The summed E-state index contributed by atoms with van der Waals surface area (Å²) in [6.07, 6.45) is 7.01. The fourth-order valence-corrected chi connectivity index (χ4v) is 5.55. The Morgan fingerprint density at radius 2 is 1.71 bits per heavy atom. The van der Waals surface area contributed by atoms with E-state index in [-0.39, 0.29) is 11.9 Å². The van der Waals surface area contributed by atoms with Crippen LogP contribution in [0.25, 0.3) is 5.57 Å². The summed E-state index contributed by atoms with van der Waals surface area (Å²) in [5, 5.41) is 3.47. The van der Waals surface area contributed by atoms with E-state index in [4.69, 9.17) is 10.5 Å². The number of nitrogens with one attached hydrogen (secondary N) is 1. The summed E-state index contributed by atoms with van der Waals surface area (Å²) < 4.78 is 5.95. The Bertz CT molecular complexity index is 1200. The fraction of sp³-hybridized carbons (Fsp3) is 0.355. The lowest BCUT2D eigenvalue weighted by Crippen LogP contribution is -2.51. The van der Waals surface area contributed by atoms with Crippen LogP contribution in [-0.4, -0.2) is 54.3 Å². The number of carbonyl (C=O) groups is 2. The zero-order valence-corrected chi connectivity index (χ0v) is 22.4. The minimum atomic E-state index is -0.462. The number of primary amides is 1. The molecule has 3 N–H and O–H groups in total. The van der Waals surface area contributed by atoms with Gasteiger partial charge >= 0.3 is 0 Å². The monoisotopic (exact) mass is 514 g/mol. The summed E-state index contributed by atoms with van der Waals surface area (Å²) in [5.74, 6) is 2.21. The highest BCUT2D eigenvalue weighted by atomic mass is 16.5. The fourth-order valence-electron chi connectivity index (χ4n) is 5.55.